The summed E-state index contributed by atoms with van der Waals surface area (Å²) in [6.45, 7) is 3.88. The van der Waals surface area contributed by atoms with Crippen LogP contribution in [0.5, 0.6) is 0 Å². The van der Waals surface area contributed by atoms with Crippen molar-refractivity contribution < 1.29 is 5.11 Å². The number of piperidine rings is 1. The fraction of sp³-hybridized carbons (Fsp3) is 0.538. The van der Waals surface area contributed by atoms with Crippen LogP contribution in [0.3, 0.4) is 0 Å². The first kappa shape index (κ1) is 12.9. The molecule has 94 valence electrons. The topological polar surface area (TPSA) is 49.5 Å². The van der Waals surface area contributed by atoms with Gasteiger partial charge >= 0.3 is 0 Å². The minimum Gasteiger partial charge on any atom is -0.394 e. The molecule has 0 radical (unpaired) electrons. The molecule has 0 aliphatic carbocycles. The highest BCUT2D eigenvalue weighted by molar-refractivity contribution is 9.10. The summed E-state index contributed by atoms with van der Waals surface area (Å²) in [4.78, 5) is 2.26. The maximum absolute atomic E-state index is 9.35. The first-order chi connectivity index (χ1) is 8.04. The summed E-state index contributed by atoms with van der Waals surface area (Å²) < 4.78 is 1.12. The Bertz CT molecular complexity index is 410. The van der Waals surface area contributed by atoms with Gasteiger partial charge in [-0.25, -0.2) is 0 Å². The first-order valence-corrected chi connectivity index (χ1v) is 6.74. The van der Waals surface area contributed by atoms with Crippen LogP contribution in [0.2, 0.25) is 0 Å². The Kier molecular flexibility index (Phi) is 3.76. The van der Waals surface area contributed by atoms with Gasteiger partial charge in [-0.05, 0) is 43.5 Å². The summed E-state index contributed by atoms with van der Waals surface area (Å²) in [5.41, 5.74) is 8.12. The van der Waals surface area contributed by atoms with Crippen LogP contribution in [0.25, 0.3) is 0 Å². The Labute approximate surface area is 111 Å². The lowest BCUT2D eigenvalue weighted by Crippen LogP contribution is -2.56. The number of nitrogens with two attached hydrogens (primary N) is 1. The van der Waals surface area contributed by atoms with E-state index in [0.717, 1.165) is 30.4 Å². The molecule has 0 bridgehead atoms. The van der Waals surface area contributed by atoms with E-state index in [9.17, 15) is 5.11 Å². The molecule has 1 atom stereocenters. The normalized spacial score (nSPS) is 25.1. The fourth-order valence-electron chi connectivity index (χ4n) is 2.34. The summed E-state index contributed by atoms with van der Waals surface area (Å²) in [6, 6.07) is 6.32. The zero-order chi connectivity index (χ0) is 12.5. The number of nitrogens with zero attached hydrogens (tertiary/aromatic N) is 1. The lowest BCUT2D eigenvalue weighted by molar-refractivity contribution is 0.177. The van der Waals surface area contributed by atoms with Crippen molar-refractivity contribution in [3.05, 3.63) is 28.2 Å². The number of rotatable bonds is 2. The van der Waals surface area contributed by atoms with Gasteiger partial charge in [0.2, 0.25) is 0 Å². The molecule has 1 aromatic carbocycles. The highest BCUT2D eigenvalue weighted by Crippen LogP contribution is 2.27. The molecule has 1 aliphatic rings. The van der Waals surface area contributed by atoms with Gasteiger partial charge in [-0.1, -0.05) is 15.9 Å². The van der Waals surface area contributed by atoms with Crippen molar-refractivity contribution in [2.24, 2.45) is 5.73 Å². The highest BCUT2D eigenvalue weighted by atomic mass is 79.9. The van der Waals surface area contributed by atoms with Gasteiger partial charge in [-0.15, -0.1) is 0 Å². The second kappa shape index (κ2) is 4.96. The van der Waals surface area contributed by atoms with Crippen LogP contribution >= 0.6 is 15.9 Å². The van der Waals surface area contributed by atoms with Crippen LogP contribution in [0.1, 0.15) is 18.4 Å². The second-order valence-electron chi connectivity index (χ2n) is 4.98. The molecule has 3 nitrogen and oxygen atoms in total. The Morgan fingerprint density at radius 2 is 2.29 bits per heavy atom. The second-order valence-corrected chi connectivity index (χ2v) is 5.83. The van der Waals surface area contributed by atoms with E-state index >= 15 is 0 Å². The number of halogens is 1. The average Bonchev–Trinajstić information content (AvgIpc) is 2.33. The summed E-state index contributed by atoms with van der Waals surface area (Å²) >= 11 is 3.51. The standard InChI is InChI=1S/C13H19BrN2O/c1-10-7-11(3-4-12(10)14)16-6-2-5-13(15,8-16)9-17/h3-4,7,17H,2,5-6,8-9,15H2,1H3. The van der Waals surface area contributed by atoms with Gasteiger partial charge < -0.3 is 15.7 Å². The molecule has 1 heterocycles. The number of aliphatic hydroxyl groups excluding tert-OH is 1. The molecule has 1 saturated heterocycles. The van der Waals surface area contributed by atoms with Crippen molar-refractivity contribution in [2.75, 3.05) is 24.6 Å². The molecule has 0 amide bonds. The molecule has 0 saturated carbocycles. The molecule has 0 aromatic heterocycles. The lowest BCUT2D eigenvalue weighted by Gasteiger charge is -2.40. The Balaban J connectivity index is 2.19. The van der Waals surface area contributed by atoms with Crippen LogP contribution < -0.4 is 10.6 Å². The number of benzene rings is 1. The zero-order valence-electron chi connectivity index (χ0n) is 10.1. The van der Waals surface area contributed by atoms with Crippen molar-refractivity contribution >= 4 is 21.6 Å². The molecule has 1 fully saturated rings. The Morgan fingerprint density at radius 1 is 1.53 bits per heavy atom. The highest BCUT2D eigenvalue weighted by Gasteiger charge is 2.31. The van der Waals surface area contributed by atoms with Crippen molar-refractivity contribution in [1.82, 2.24) is 0 Å². The quantitative estimate of drug-likeness (QED) is 0.878. The Morgan fingerprint density at radius 3 is 2.94 bits per heavy atom. The summed E-state index contributed by atoms with van der Waals surface area (Å²) in [6.07, 6.45) is 1.93. The SMILES string of the molecule is Cc1cc(N2CCCC(N)(CO)C2)ccc1Br. The molecule has 4 heteroatoms. The molecule has 2 rings (SSSR count). The zero-order valence-corrected chi connectivity index (χ0v) is 11.7. The van der Waals surface area contributed by atoms with Crippen LogP contribution in [0.4, 0.5) is 5.69 Å². The molecule has 0 spiro atoms. The minimum absolute atomic E-state index is 0.0546. The van der Waals surface area contributed by atoms with E-state index < -0.39 is 5.54 Å². The minimum atomic E-state index is -0.445. The van der Waals surface area contributed by atoms with Gasteiger partial charge in [0.25, 0.3) is 0 Å². The third kappa shape index (κ3) is 2.81. The lowest BCUT2D eigenvalue weighted by atomic mass is 9.90. The van der Waals surface area contributed by atoms with Crippen molar-refractivity contribution in [3.8, 4) is 0 Å². The molecule has 1 aliphatic heterocycles. The van der Waals surface area contributed by atoms with Gasteiger partial charge in [0.05, 0.1) is 12.1 Å². The van der Waals surface area contributed by atoms with E-state index in [1.54, 1.807) is 0 Å². The molecule has 3 N–H and O–H groups in total. The molecular weight excluding hydrogens is 280 g/mol. The maximum Gasteiger partial charge on any atom is 0.0628 e. The van der Waals surface area contributed by atoms with Crippen molar-refractivity contribution in [2.45, 2.75) is 25.3 Å². The molecule has 1 aromatic rings. The largest absolute Gasteiger partial charge is 0.394 e. The number of aryl methyl sites for hydroxylation is 1. The van der Waals surface area contributed by atoms with E-state index in [2.05, 4.69) is 46.0 Å². The molecule has 17 heavy (non-hydrogen) atoms. The van der Waals surface area contributed by atoms with E-state index in [1.165, 1.54) is 11.3 Å². The van der Waals surface area contributed by atoms with E-state index in [4.69, 9.17) is 5.73 Å². The third-order valence-corrected chi connectivity index (χ3v) is 4.32. The predicted molar refractivity (Wildman–Crippen MR) is 74.3 cm³/mol. The fourth-order valence-corrected chi connectivity index (χ4v) is 2.58. The summed E-state index contributed by atoms with van der Waals surface area (Å²) in [5, 5.41) is 9.35. The number of anilines is 1. The van der Waals surface area contributed by atoms with Gasteiger partial charge in [0, 0.05) is 23.2 Å². The van der Waals surface area contributed by atoms with Crippen LogP contribution in [0.15, 0.2) is 22.7 Å². The van der Waals surface area contributed by atoms with Crippen molar-refractivity contribution in [3.63, 3.8) is 0 Å². The number of aliphatic hydroxyl groups is 1. The molecular formula is C13H19BrN2O. The summed E-state index contributed by atoms with van der Waals surface area (Å²) in [5.74, 6) is 0. The van der Waals surface area contributed by atoms with Gasteiger partial charge in [0.15, 0.2) is 0 Å². The predicted octanol–water partition coefficient (Wildman–Crippen LogP) is 2.05. The smallest absolute Gasteiger partial charge is 0.0628 e. The number of hydrogen-bond acceptors (Lipinski definition) is 3. The van der Waals surface area contributed by atoms with Crippen LogP contribution in [0, 0.1) is 6.92 Å². The van der Waals surface area contributed by atoms with Gasteiger partial charge in [0.1, 0.15) is 0 Å². The first-order valence-electron chi connectivity index (χ1n) is 5.95. The van der Waals surface area contributed by atoms with Gasteiger partial charge in [-0.3, -0.25) is 0 Å². The molecule has 1 unspecified atom stereocenters. The summed E-state index contributed by atoms with van der Waals surface area (Å²) in [7, 11) is 0. The van der Waals surface area contributed by atoms with Crippen molar-refractivity contribution in [1.29, 1.82) is 0 Å². The Hall–Kier alpha value is -0.580. The monoisotopic (exact) mass is 298 g/mol. The van der Waals surface area contributed by atoms with Crippen LogP contribution in [-0.4, -0.2) is 30.3 Å². The average molecular weight is 299 g/mol. The van der Waals surface area contributed by atoms with Gasteiger partial charge in [-0.2, -0.15) is 0 Å². The van der Waals surface area contributed by atoms with E-state index in [-0.39, 0.29) is 6.61 Å². The number of hydrogen-bond donors (Lipinski definition) is 2. The van der Waals surface area contributed by atoms with Crippen LogP contribution in [-0.2, 0) is 0 Å². The van der Waals surface area contributed by atoms with E-state index in [0.29, 0.717) is 0 Å². The van der Waals surface area contributed by atoms with E-state index in [1.807, 2.05) is 0 Å². The third-order valence-electron chi connectivity index (χ3n) is 3.43. The maximum atomic E-state index is 9.35.